The van der Waals surface area contributed by atoms with Crippen molar-refractivity contribution in [2.24, 2.45) is 11.7 Å². The van der Waals surface area contributed by atoms with Crippen molar-refractivity contribution in [3.8, 4) is 0 Å². The van der Waals surface area contributed by atoms with Crippen LogP contribution in [0.4, 0.5) is 5.69 Å². The average Bonchev–Trinajstić information content (AvgIpc) is 3.05. The molecular weight excluding hydrogens is 324 g/mol. The zero-order chi connectivity index (χ0) is 17.4. The Labute approximate surface area is 146 Å². The SMILES string of the molecule is CN(N)c1cccc(C2CCC2)c1SCc1ccco1.NNC=O. The van der Waals surface area contributed by atoms with Crippen LogP contribution in [-0.4, -0.2) is 13.5 Å². The molecule has 1 aliphatic carbocycles. The molecule has 1 heterocycles. The van der Waals surface area contributed by atoms with E-state index >= 15 is 0 Å². The Hall–Kier alpha value is -1.96. The van der Waals surface area contributed by atoms with Gasteiger partial charge in [0.2, 0.25) is 6.41 Å². The highest BCUT2D eigenvalue weighted by atomic mass is 32.2. The molecule has 0 spiro atoms. The van der Waals surface area contributed by atoms with Gasteiger partial charge in [0.05, 0.1) is 17.7 Å². The maximum Gasteiger partial charge on any atom is 0.221 e. The van der Waals surface area contributed by atoms with E-state index in [9.17, 15) is 0 Å². The number of hydrogen-bond donors (Lipinski definition) is 3. The van der Waals surface area contributed by atoms with Gasteiger partial charge in [-0.2, -0.15) is 0 Å². The standard InChI is InChI=1S/C16H20N2OS.CH4N2O/c1-18(17)15-9-3-8-14(12-5-2-6-12)16(15)20-11-13-7-4-10-19-13;2-3-1-4/h3-4,7-10,12H,2,5-6,11,17H2,1H3;1H,2H2,(H,3,4). The number of rotatable bonds is 6. The molecule has 5 N–H and O–H groups in total. The number of nitrogens with one attached hydrogen (secondary N) is 1. The van der Waals surface area contributed by atoms with Crippen molar-refractivity contribution in [2.45, 2.75) is 35.8 Å². The molecule has 1 amide bonds. The maximum absolute atomic E-state index is 8.94. The minimum Gasteiger partial charge on any atom is -0.468 e. The lowest BCUT2D eigenvalue weighted by molar-refractivity contribution is -0.109. The highest BCUT2D eigenvalue weighted by molar-refractivity contribution is 7.98. The summed E-state index contributed by atoms with van der Waals surface area (Å²) in [6.45, 7) is 0. The van der Waals surface area contributed by atoms with Crippen LogP contribution < -0.4 is 22.1 Å². The van der Waals surface area contributed by atoms with E-state index in [-0.39, 0.29) is 0 Å². The van der Waals surface area contributed by atoms with Crippen molar-refractivity contribution in [1.29, 1.82) is 0 Å². The number of nitrogens with two attached hydrogens (primary N) is 2. The molecule has 1 aromatic carbocycles. The molecule has 0 bridgehead atoms. The van der Waals surface area contributed by atoms with Crippen LogP contribution in [0.2, 0.25) is 0 Å². The summed E-state index contributed by atoms with van der Waals surface area (Å²) in [6.07, 6.45) is 6.07. The van der Waals surface area contributed by atoms with Gasteiger partial charge in [0.25, 0.3) is 0 Å². The summed E-state index contributed by atoms with van der Waals surface area (Å²) in [5, 5.41) is 1.71. The normalized spacial score (nSPS) is 13.5. The lowest BCUT2D eigenvalue weighted by atomic mass is 9.80. The Morgan fingerprint density at radius 1 is 1.38 bits per heavy atom. The molecule has 24 heavy (non-hydrogen) atoms. The third-order valence-corrected chi connectivity index (χ3v) is 5.12. The van der Waals surface area contributed by atoms with Gasteiger partial charge in [-0.25, -0.2) is 11.7 Å². The highest BCUT2D eigenvalue weighted by Crippen LogP contribution is 2.44. The summed E-state index contributed by atoms with van der Waals surface area (Å²) >= 11 is 1.82. The van der Waals surface area contributed by atoms with Crippen molar-refractivity contribution in [3.05, 3.63) is 47.9 Å². The maximum atomic E-state index is 8.94. The van der Waals surface area contributed by atoms with Crippen LogP contribution >= 0.6 is 11.8 Å². The second-order valence-electron chi connectivity index (χ2n) is 5.59. The number of carbonyl (C=O) groups excluding carboxylic acids is 1. The lowest BCUT2D eigenvalue weighted by Gasteiger charge is -2.29. The number of carbonyl (C=O) groups is 1. The van der Waals surface area contributed by atoms with E-state index in [1.54, 1.807) is 16.7 Å². The molecule has 0 radical (unpaired) electrons. The van der Waals surface area contributed by atoms with Gasteiger partial charge in [0.1, 0.15) is 5.76 Å². The Kier molecular flexibility index (Phi) is 7.17. The van der Waals surface area contributed by atoms with Gasteiger partial charge >= 0.3 is 0 Å². The van der Waals surface area contributed by atoms with Crippen molar-refractivity contribution in [2.75, 3.05) is 12.1 Å². The van der Waals surface area contributed by atoms with Gasteiger partial charge in [0.15, 0.2) is 0 Å². The fourth-order valence-electron chi connectivity index (χ4n) is 2.56. The quantitative estimate of drug-likeness (QED) is 0.244. The van der Waals surface area contributed by atoms with Gasteiger partial charge < -0.3 is 9.43 Å². The minimum absolute atomic E-state index is 0.403. The Morgan fingerprint density at radius 3 is 2.62 bits per heavy atom. The highest BCUT2D eigenvalue weighted by Gasteiger charge is 2.24. The summed E-state index contributed by atoms with van der Waals surface area (Å²) in [7, 11) is 1.90. The number of hydrogen-bond acceptors (Lipinski definition) is 6. The number of benzene rings is 1. The molecule has 3 rings (SSSR count). The Balaban J connectivity index is 0.000000471. The Morgan fingerprint density at radius 2 is 2.12 bits per heavy atom. The molecule has 0 atom stereocenters. The molecule has 1 saturated carbocycles. The molecule has 7 heteroatoms. The fraction of sp³-hybridized carbons (Fsp3) is 0.353. The van der Waals surface area contributed by atoms with Crippen LogP contribution in [0.25, 0.3) is 0 Å². The molecular formula is C17H24N4O2S. The monoisotopic (exact) mass is 348 g/mol. The molecule has 1 aliphatic rings. The lowest BCUT2D eigenvalue weighted by Crippen LogP contribution is -2.26. The molecule has 0 unspecified atom stereocenters. The van der Waals surface area contributed by atoms with E-state index in [4.69, 9.17) is 15.1 Å². The van der Waals surface area contributed by atoms with Crippen molar-refractivity contribution < 1.29 is 9.21 Å². The van der Waals surface area contributed by atoms with Crippen LogP contribution in [0.3, 0.4) is 0 Å². The van der Waals surface area contributed by atoms with E-state index < -0.39 is 0 Å². The number of hydrazine groups is 2. The zero-order valence-corrected chi connectivity index (χ0v) is 14.6. The first-order valence-corrected chi connectivity index (χ1v) is 8.82. The topological polar surface area (TPSA) is 97.5 Å². The van der Waals surface area contributed by atoms with E-state index in [1.165, 1.54) is 29.7 Å². The van der Waals surface area contributed by atoms with Crippen LogP contribution in [0.1, 0.15) is 36.5 Å². The summed E-state index contributed by atoms with van der Waals surface area (Å²) < 4.78 is 5.43. The number of furan rings is 1. The number of amides is 1. The first kappa shape index (κ1) is 18.4. The predicted molar refractivity (Wildman–Crippen MR) is 97.3 cm³/mol. The molecule has 6 nitrogen and oxygen atoms in total. The third kappa shape index (κ3) is 4.77. The van der Waals surface area contributed by atoms with Gasteiger partial charge in [-0.3, -0.25) is 10.2 Å². The first-order valence-electron chi connectivity index (χ1n) is 7.83. The molecule has 1 fully saturated rings. The predicted octanol–water partition coefficient (Wildman–Crippen LogP) is 2.76. The van der Waals surface area contributed by atoms with E-state index in [0.29, 0.717) is 12.3 Å². The van der Waals surface area contributed by atoms with Crippen molar-refractivity contribution in [1.82, 2.24) is 5.43 Å². The van der Waals surface area contributed by atoms with E-state index in [1.807, 2.05) is 30.9 Å². The third-order valence-electron chi connectivity index (χ3n) is 3.96. The van der Waals surface area contributed by atoms with Crippen LogP contribution in [0, 0.1) is 0 Å². The van der Waals surface area contributed by atoms with Crippen LogP contribution in [0.15, 0.2) is 45.9 Å². The minimum atomic E-state index is 0.403. The number of thioether (sulfide) groups is 1. The van der Waals surface area contributed by atoms with E-state index in [2.05, 4.69) is 24.0 Å². The van der Waals surface area contributed by atoms with Crippen LogP contribution in [0.5, 0.6) is 0 Å². The molecule has 0 saturated heterocycles. The van der Waals surface area contributed by atoms with E-state index in [0.717, 1.165) is 17.2 Å². The smallest absolute Gasteiger partial charge is 0.221 e. The zero-order valence-electron chi connectivity index (χ0n) is 13.8. The fourth-order valence-corrected chi connectivity index (χ4v) is 3.77. The molecule has 2 aromatic rings. The van der Waals surface area contributed by atoms with Crippen molar-refractivity contribution >= 4 is 23.9 Å². The van der Waals surface area contributed by atoms with Crippen molar-refractivity contribution in [3.63, 3.8) is 0 Å². The molecule has 130 valence electrons. The van der Waals surface area contributed by atoms with Crippen LogP contribution in [-0.2, 0) is 10.5 Å². The second kappa shape index (κ2) is 9.36. The number of anilines is 1. The van der Waals surface area contributed by atoms with Gasteiger partial charge in [-0.1, -0.05) is 18.6 Å². The Bertz CT molecular complexity index is 628. The first-order chi connectivity index (χ1) is 11.7. The van der Waals surface area contributed by atoms with Gasteiger partial charge in [-0.05, 0) is 42.5 Å². The summed E-state index contributed by atoms with van der Waals surface area (Å²) in [5.74, 6) is 12.9. The van der Waals surface area contributed by atoms with Gasteiger partial charge in [-0.15, -0.1) is 11.8 Å². The molecule has 0 aliphatic heterocycles. The van der Waals surface area contributed by atoms with Gasteiger partial charge in [0, 0.05) is 11.9 Å². The largest absolute Gasteiger partial charge is 0.468 e. The summed E-state index contributed by atoms with van der Waals surface area (Å²) in [5.41, 5.74) is 4.30. The second-order valence-corrected chi connectivity index (χ2v) is 6.57. The average molecular weight is 348 g/mol. The summed E-state index contributed by atoms with van der Waals surface area (Å²) in [6, 6.07) is 10.4. The number of nitrogens with zero attached hydrogens (tertiary/aromatic N) is 1. The molecule has 1 aromatic heterocycles. The summed E-state index contributed by atoms with van der Waals surface area (Å²) in [4.78, 5) is 10.2.